The number of aliphatic hydroxyl groups excluding tert-OH is 1. The van der Waals surface area contributed by atoms with E-state index in [0.717, 1.165) is 21.7 Å². The van der Waals surface area contributed by atoms with Gasteiger partial charge in [0.25, 0.3) is 0 Å². The van der Waals surface area contributed by atoms with E-state index >= 15 is 0 Å². The Morgan fingerprint density at radius 3 is 2.55 bits per heavy atom. The molecular formula is C26H31NO5S. The van der Waals surface area contributed by atoms with Crippen molar-refractivity contribution in [3.63, 3.8) is 0 Å². The normalized spacial score (nSPS) is 25.5. The molecule has 3 atom stereocenters. The van der Waals surface area contributed by atoms with Gasteiger partial charge in [-0.3, -0.25) is 4.79 Å². The van der Waals surface area contributed by atoms with E-state index < -0.39 is 11.7 Å². The number of carbonyl (C=O) groups is 1. The average molecular weight is 470 g/mol. The van der Waals surface area contributed by atoms with E-state index in [0.29, 0.717) is 35.5 Å². The molecule has 2 aliphatic heterocycles. The molecule has 6 nitrogen and oxygen atoms in total. The maximum Gasteiger partial charge on any atom is 0.238 e. The molecule has 0 saturated carbocycles. The second kappa shape index (κ2) is 8.95. The molecule has 2 aliphatic rings. The molecule has 3 unspecified atom stereocenters. The van der Waals surface area contributed by atoms with Crippen LogP contribution in [0.4, 0.5) is 0 Å². The SMILES string of the molecule is CC=C1NC(=O)C(Cc2ccc(OCC3(C)CC(O)c4c(C)c(O)c(C)c(C)c4O3)cc2)S1. The second-order valence-corrected chi connectivity index (χ2v) is 10.4. The zero-order valence-corrected chi connectivity index (χ0v) is 20.5. The van der Waals surface area contributed by atoms with Gasteiger partial charge in [0.15, 0.2) is 0 Å². The first-order chi connectivity index (χ1) is 15.6. The van der Waals surface area contributed by atoms with Crippen molar-refractivity contribution in [2.75, 3.05) is 6.61 Å². The number of carbonyl (C=O) groups excluding carboxylic acids is 1. The highest BCUT2D eigenvalue weighted by Gasteiger charge is 2.40. The van der Waals surface area contributed by atoms with E-state index in [4.69, 9.17) is 9.47 Å². The van der Waals surface area contributed by atoms with Crippen molar-refractivity contribution < 1.29 is 24.5 Å². The van der Waals surface area contributed by atoms with Gasteiger partial charge >= 0.3 is 0 Å². The summed E-state index contributed by atoms with van der Waals surface area (Å²) in [5, 5.41) is 24.9. The molecule has 33 heavy (non-hydrogen) atoms. The number of fused-ring (bicyclic) bond motifs is 1. The van der Waals surface area contributed by atoms with Crippen molar-refractivity contribution >= 4 is 17.7 Å². The number of ether oxygens (including phenoxy) is 2. The van der Waals surface area contributed by atoms with Gasteiger partial charge < -0.3 is 25.0 Å². The van der Waals surface area contributed by atoms with Gasteiger partial charge in [0.1, 0.15) is 29.5 Å². The van der Waals surface area contributed by atoms with Crippen LogP contribution in [0.2, 0.25) is 0 Å². The molecule has 7 heteroatoms. The maximum atomic E-state index is 12.1. The van der Waals surface area contributed by atoms with Crippen molar-refractivity contribution in [3.05, 3.63) is 63.2 Å². The zero-order valence-electron chi connectivity index (χ0n) is 19.7. The molecule has 2 heterocycles. The summed E-state index contributed by atoms with van der Waals surface area (Å²) in [7, 11) is 0. The first-order valence-electron chi connectivity index (χ1n) is 11.2. The van der Waals surface area contributed by atoms with Gasteiger partial charge in [-0.15, -0.1) is 0 Å². The minimum atomic E-state index is -0.743. The standard InChI is InChI=1S/C26H31NO5S/c1-6-21-27-25(30)20(33-21)11-17-7-9-18(10-8-17)31-13-26(5)12-19(28)22-16(4)23(29)14(2)15(3)24(22)32-26/h6-10,19-20,28-29H,11-13H2,1-5H3,(H,27,30). The number of benzene rings is 2. The number of hydrogen-bond donors (Lipinski definition) is 3. The van der Waals surface area contributed by atoms with Crippen LogP contribution >= 0.6 is 11.8 Å². The highest BCUT2D eigenvalue weighted by molar-refractivity contribution is 8.04. The smallest absolute Gasteiger partial charge is 0.238 e. The van der Waals surface area contributed by atoms with Gasteiger partial charge in [0.05, 0.1) is 16.4 Å². The largest absolute Gasteiger partial charge is 0.507 e. The molecule has 1 fully saturated rings. The van der Waals surface area contributed by atoms with Gasteiger partial charge in [-0.2, -0.15) is 0 Å². The molecule has 176 valence electrons. The van der Waals surface area contributed by atoms with Gasteiger partial charge in [0.2, 0.25) is 5.91 Å². The maximum absolute atomic E-state index is 12.1. The van der Waals surface area contributed by atoms with Crippen molar-refractivity contribution in [2.45, 2.75) is 64.4 Å². The number of hydrogen-bond acceptors (Lipinski definition) is 6. The molecule has 0 spiro atoms. The number of aromatic hydroxyl groups is 1. The topological polar surface area (TPSA) is 88.0 Å². The Labute approximate surface area is 199 Å². The van der Waals surface area contributed by atoms with Crippen LogP contribution in [-0.4, -0.2) is 33.6 Å². The number of phenols is 1. The number of amides is 1. The van der Waals surface area contributed by atoms with Crippen LogP contribution in [0, 0.1) is 20.8 Å². The minimum absolute atomic E-state index is 0.0451. The third-order valence-electron chi connectivity index (χ3n) is 6.53. The Bertz CT molecular complexity index is 1110. The summed E-state index contributed by atoms with van der Waals surface area (Å²) >= 11 is 1.56. The summed E-state index contributed by atoms with van der Waals surface area (Å²) in [5.41, 5.74) is 3.26. The predicted octanol–water partition coefficient (Wildman–Crippen LogP) is 4.61. The first kappa shape index (κ1) is 23.5. The summed E-state index contributed by atoms with van der Waals surface area (Å²) < 4.78 is 12.4. The molecule has 4 rings (SSSR count). The van der Waals surface area contributed by atoms with Gasteiger partial charge in [0, 0.05) is 17.5 Å². The summed E-state index contributed by atoms with van der Waals surface area (Å²) in [6.07, 6.45) is 2.19. The zero-order chi connectivity index (χ0) is 23.9. The fourth-order valence-electron chi connectivity index (χ4n) is 4.43. The molecule has 0 aliphatic carbocycles. The fraction of sp³-hybridized carbons (Fsp3) is 0.423. The highest BCUT2D eigenvalue weighted by Crippen LogP contribution is 2.47. The number of aliphatic hydroxyl groups is 1. The molecule has 1 saturated heterocycles. The van der Waals surface area contributed by atoms with Gasteiger partial charge in [-0.1, -0.05) is 30.0 Å². The fourth-order valence-corrected chi connectivity index (χ4v) is 5.48. The molecule has 0 aromatic heterocycles. The quantitative estimate of drug-likeness (QED) is 0.593. The van der Waals surface area contributed by atoms with E-state index in [2.05, 4.69) is 5.32 Å². The number of thioether (sulfide) groups is 1. The molecule has 3 N–H and O–H groups in total. The lowest BCUT2D eigenvalue weighted by Gasteiger charge is -2.40. The minimum Gasteiger partial charge on any atom is -0.507 e. The Balaban J connectivity index is 1.43. The summed E-state index contributed by atoms with van der Waals surface area (Å²) in [5.74, 6) is 1.60. The van der Waals surface area contributed by atoms with Crippen molar-refractivity contribution in [2.24, 2.45) is 0 Å². The van der Waals surface area contributed by atoms with E-state index in [1.165, 1.54) is 0 Å². The third-order valence-corrected chi connectivity index (χ3v) is 7.78. The van der Waals surface area contributed by atoms with Crippen molar-refractivity contribution in [3.8, 4) is 17.2 Å². The highest BCUT2D eigenvalue weighted by atomic mass is 32.2. The Kier molecular flexibility index (Phi) is 6.38. The third kappa shape index (κ3) is 4.57. The van der Waals surface area contributed by atoms with Crippen LogP contribution in [0.1, 0.15) is 54.2 Å². The number of rotatable bonds is 5. The Morgan fingerprint density at radius 2 is 1.91 bits per heavy atom. The lowest BCUT2D eigenvalue weighted by Crippen LogP contribution is -2.44. The van der Waals surface area contributed by atoms with Crippen molar-refractivity contribution in [1.29, 1.82) is 0 Å². The summed E-state index contributed by atoms with van der Waals surface area (Å²) in [6.45, 7) is 9.67. The molecule has 2 aromatic carbocycles. The molecule has 1 amide bonds. The number of allylic oxidation sites excluding steroid dienone is 1. The monoisotopic (exact) mass is 469 g/mol. The average Bonchev–Trinajstić information content (AvgIpc) is 3.14. The summed E-state index contributed by atoms with van der Waals surface area (Å²) in [4.78, 5) is 12.1. The number of phenolic OH excluding ortho intramolecular Hbond substituents is 1. The molecular weight excluding hydrogens is 438 g/mol. The lowest BCUT2D eigenvalue weighted by molar-refractivity contribution is -0.119. The van der Waals surface area contributed by atoms with Gasteiger partial charge in [-0.05, 0) is 69.9 Å². The van der Waals surface area contributed by atoms with Crippen LogP contribution in [0.3, 0.4) is 0 Å². The summed E-state index contributed by atoms with van der Waals surface area (Å²) in [6, 6.07) is 7.75. The van der Waals surface area contributed by atoms with Crippen LogP contribution in [0.25, 0.3) is 0 Å². The van der Waals surface area contributed by atoms with E-state index in [1.54, 1.807) is 18.7 Å². The second-order valence-electron chi connectivity index (χ2n) is 9.12. The van der Waals surface area contributed by atoms with Crippen LogP contribution in [-0.2, 0) is 11.2 Å². The van der Waals surface area contributed by atoms with E-state index in [-0.39, 0.29) is 23.5 Å². The Hall–Kier alpha value is -2.64. The van der Waals surface area contributed by atoms with E-state index in [1.807, 2.05) is 58.0 Å². The van der Waals surface area contributed by atoms with E-state index in [9.17, 15) is 15.0 Å². The first-order valence-corrected chi connectivity index (χ1v) is 12.0. The van der Waals surface area contributed by atoms with Crippen molar-refractivity contribution in [1.82, 2.24) is 5.32 Å². The molecule has 2 aromatic rings. The Morgan fingerprint density at radius 1 is 1.21 bits per heavy atom. The lowest BCUT2D eigenvalue weighted by atomic mass is 9.85. The van der Waals surface area contributed by atoms with Crippen LogP contribution < -0.4 is 14.8 Å². The predicted molar refractivity (Wildman–Crippen MR) is 130 cm³/mol. The molecule has 0 bridgehead atoms. The van der Waals surface area contributed by atoms with Crippen LogP contribution in [0.15, 0.2) is 35.4 Å². The van der Waals surface area contributed by atoms with Gasteiger partial charge in [-0.25, -0.2) is 0 Å². The number of nitrogens with one attached hydrogen (secondary N) is 1. The molecule has 0 radical (unpaired) electrons. The van der Waals surface area contributed by atoms with Crippen LogP contribution in [0.5, 0.6) is 17.2 Å².